The standard InChI is InChI=1S/C16H23N3O/c1-18(2)11-12-19-10-6-9-16(19)15(17)13-20-14-7-4-3-5-8-14/h3-10,15H,11-13,17H2,1-2H3. The molecule has 108 valence electrons. The zero-order chi connectivity index (χ0) is 14.4. The number of nitrogens with zero attached hydrogens (tertiary/aromatic N) is 2. The van der Waals surface area contributed by atoms with Crippen molar-refractivity contribution in [2.75, 3.05) is 27.2 Å². The predicted octanol–water partition coefficient (Wildman–Crippen LogP) is 2.13. The van der Waals surface area contributed by atoms with Gasteiger partial charge in [-0.3, -0.25) is 0 Å². The summed E-state index contributed by atoms with van der Waals surface area (Å²) < 4.78 is 7.92. The summed E-state index contributed by atoms with van der Waals surface area (Å²) in [6, 6.07) is 13.8. The fourth-order valence-corrected chi connectivity index (χ4v) is 2.06. The maximum Gasteiger partial charge on any atom is 0.119 e. The number of para-hydroxylation sites is 1. The Hall–Kier alpha value is -1.78. The second-order valence-electron chi connectivity index (χ2n) is 5.16. The number of ether oxygens (including phenoxy) is 1. The quantitative estimate of drug-likeness (QED) is 0.840. The van der Waals surface area contributed by atoms with Crippen LogP contribution in [-0.2, 0) is 6.54 Å². The number of aromatic nitrogens is 1. The highest BCUT2D eigenvalue weighted by Crippen LogP contribution is 2.15. The van der Waals surface area contributed by atoms with E-state index >= 15 is 0 Å². The number of likely N-dealkylation sites (N-methyl/N-ethyl adjacent to an activating group) is 1. The molecule has 1 aromatic heterocycles. The van der Waals surface area contributed by atoms with Gasteiger partial charge in [-0.05, 0) is 38.4 Å². The fraction of sp³-hybridized carbons (Fsp3) is 0.375. The van der Waals surface area contributed by atoms with Crippen LogP contribution in [0.5, 0.6) is 5.75 Å². The Bertz CT molecular complexity index is 507. The third-order valence-electron chi connectivity index (χ3n) is 3.21. The largest absolute Gasteiger partial charge is 0.492 e. The Morgan fingerprint density at radius 1 is 1.15 bits per heavy atom. The monoisotopic (exact) mass is 273 g/mol. The van der Waals surface area contributed by atoms with Crippen LogP contribution >= 0.6 is 0 Å². The van der Waals surface area contributed by atoms with E-state index in [1.807, 2.05) is 36.4 Å². The first-order valence-corrected chi connectivity index (χ1v) is 6.90. The molecule has 0 fully saturated rings. The second-order valence-corrected chi connectivity index (χ2v) is 5.16. The van der Waals surface area contributed by atoms with Crippen molar-refractivity contribution in [3.8, 4) is 5.75 Å². The number of benzene rings is 1. The third kappa shape index (κ3) is 4.11. The van der Waals surface area contributed by atoms with Crippen LogP contribution in [0.25, 0.3) is 0 Å². The van der Waals surface area contributed by atoms with Gasteiger partial charge in [0.25, 0.3) is 0 Å². The van der Waals surface area contributed by atoms with Gasteiger partial charge in [-0.1, -0.05) is 18.2 Å². The summed E-state index contributed by atoms with van der Waals surface area (Å²) >= 11 is 0. The smallest absolute Gasteiger partial charge is 0.119 e. The van der Waals surface area contributed by atoms with Crippen molar-refractivity contribution in [3.63, 3.8) is 0 Å². The minimum atomic E-state index is -0.118. The Balaban J connectivity index is 1.92. The molecule has 0 aliphatic carbocycles. The molecule has 1 unspecified atom stereocenters. The lowest BCUT2D eigenvalue weighted by atomic mass is 10.2. The molecule has 0 radical (unpaired) electrons. The molecule has 0 aliphatic heterocycles. The van der Waals surface area contributed by atoms with Crippen LogP contribution in [0.3, 0.4) is 0 Å². The Labute approximate surface area is 120 Å². The molecule has 2 aromatic rings. The minimum Gasteiger partial charge on any atom is -0.492 e. The molecule has 4 heteroatoms. The van der Waals surface area contributed by atoms with Crippen molar-refractivity contribution in [1.82, 2.24) is 9.47 Å². The summed E-state index contributed by atoms with van der Waals surface area (Å²) in [6.07, 6.45) is 2.07. The molecule has 0 bridgehead atoms. The molecule has 0 saturated heterocycles. The minimum absolute atomic E-state index is 0.118. The predicted molar refractivity (Wildman–Crippen MR) is 81.9 cm³/mol. The highest BCUT2D eigenvalue weighted by atomic mass is 16.5. The van der Waals surface area contributed by atoms with E-state index in [-0.39, 0.29) is 6.04 Å². The SMILES string of the molecule is CN(C)CCn1cccc1C(N)COc1ccccc1. The highest BCUT2D eigenvalue weighted by Gasteiger charge is 2.11. The summed E-state index contributed by atoms with van der Waals surface area (Å²) in [5.74, 6) is 0.856. The van der Waals surface area contributed by atoms with E-state index in [1.165, 1.54) is 0 Å². The molecule has 1 atom stereocenters. The van der Waals surface area contributed by atoms with Gasteiger partial charge in [0.05, 0.1) is 6.04 Å². The molecule has 2 N–H and O–H groups in total. The second kappa shape index (κ2) is 7.12. The molecule has 0 aliphatic rings. The van der Waals surface area contributed by atoms with Gasteiger partial charge in [0.15, 0.2) is 0 Å². The van der Waals surface area contributed by atoms with Crippen LogP contribution in [0.4, 0.5) is 0 Å². The van der Waals surface area contributed by atoms with Crippen LogP contribution in [-0.4, -0.2) is 36.7 Å². The van der Waals surface area contributed by atoms with Crippen molar-refractivity contribution >= 4 is 0 Å². The molecular weight excluding hydrogens is 250 g/mol. The van der Waals surface area contributed by atoms with Gasteiger partial charge in [-0.15, -0.1) is 0 Å². The van der Waals surface area contributed by atoms with Gasteiger partial charge in [-0.2, -0.15) is 0 Å². The van der Waals surface area contributed by atoms with Gasteiger partial charge in [0.2, 0.25) is 0 Å². The van der Waals surface area contributed by atoms with E-state index in [0.717, 1.165) is 24.5 Å². The third-order valence-corrected chi connectivity index (χ3v) is 3.21. The molecule has 20 heavy (non-hydrogen) atoms. The number of hydrogen-bond donors (Lipinski definition) is 1. The van der Waals surface area contributed by atoms with Crippen molar-refractivity contribution in [2.24, 2.45) is 5.73 Å². The molecule has 0 amide bonds. The maximum absolute atomic E-state index is 6.24. The number of nitrogens with two attached hydrogens (primary N) is 1. The molecule has 0 saturated carbocycles. The van der Waals surface area contributed by atoms with E-state index < -0.39 is 0 Å². The topological polar surface area (TPSA) is 43.4 Å². The van der Waals surface area contributed by atoms with Crippen molar-refractivity contribution in [2.45, 2.75) is 12.6 Å². The van der Waals surface area contributed by atoms with E-state index in [4.69, 9.17) is 10.5 Å². The lowest BCUT2D eigenvalue weighted by Gasteiger charge is -2.18. The number of hydrogen-bond acceptors (Lipinski definition) is 3. The summed E-state index contributed by atoms with van der Waals surface area (Å²) in [7, 11) is 4.14. The lowest BCUT2D eigenvalue weighted by Crippen LogP contribution is -2.25. The Morgan fingerprint density at radius 3 is 2.60 bits per heavy atom. The molecular formula is C16H23N3O. The first-order valence-electron chi connectivity index (χ1n) is 6.90. The lowest BCUT2D eigenvalue weighted by molar-refractivity contribution is 0.283. The average molecular weight is 273 g/mol. The van der Waals surface area contributed by atoms with E-state index in [2.05, 4.69) is 35.8 Å². The zero-order valence-electron chi connectivity index (χ0n) is 12.2. The zero-order valence-corrected chi connectivity index (χ0v) is 12.2. The fourth-order valence-electron chi connectivity index (χ4n) is 2.06. The van der Waals surface area contributed by atoms with Gasteiger partial charge in [0, 0.05) is 25.0 Å². The normalized spacial score (nSPS) is 12.6. The first-order chi connectivity index (χ1) is 9.66. The van der Waals surface area contributed by atoms with Gasteiger partial charge in [-0.25, -0.2) is 0 Å². The van der Waals surface area contributed by atoms with E-state index in [0.29, 0.717) is 6.61 Å². The van der Waals surface area contributed by atoms with E-state index in [9.17, 15) is 0 Å². The summed E-state index contributed by atoms with van der Waals surface area (Å²) in [5, 5.41) is 0. The van der Waals surface area contributed by atoms with Gasteiger partial charge >= 0.3 is 0 Å². The molecule has 1 heterocycles. The summed E-state index contributed by atoms with van der Waals surface area (Å²) in [5.41, 5.74) is 7.35. The van der Waals surface area contributed by atoms with Crippen LogP contribution in [0, 0.1) is 0 Å². The van der Waals surface area contributed by atoms with Crippen molar-refractivity contribution in [3.05, 3.63) is 54.4 Å². The Morgan fingerprint density at radius 2 is 1.90 bits per heavy atom. The van der Waals surface area contributed by atoms with Crippen LogP contribution in [0.15, 0.2) is 48.7 Å². The molecule has 1 aromatic carbocycles. The van der Waals surface area contributed by atoms with Gasteiger partial charge < -0.3 is 19.9 Å². The highest BCUT2D eigenvalue weighted by molar-refractivity contribution is 5.21. The van der Waals surface area contributed by atoms with Gasteiger partial charge in [0.1, 0.15) is 12.4 Å². The summed E-state index contributed by atoms with van der Waals surface area (Å²) in [4.78, 5) is 2.16. The first kappa shape index (κ1) is 14.6. The maximum atomic E-state index is 6.24. The van der Waals surface area contributed by atoms with Crippen molar-refractivity contribution in [1.29, 1.82) is 0 Å². The van der Waals surface area contributed by atoms with Crippen molar-refractivity contribution < 1.29 is 4.74 Å². The molecule has 0 spiro atoms. The molecule has 4 nitrogen and oxygen atoms in total. The number of rotatable bonds is 7. The van der Waals surface area contributed by atoms with Crippen LogP contribution in [0.1, 0.15) is 11.7 Å². The molecule has 2 rings (SSSR count). The average Bonchev–Trinajstić information content (AvgIpc) is 2.92. The van der Waals surface area contributed by atoms with Crippen LogP contribution in [0.2, 0.25) is 0 Å². The van der Waals surface area contributed by atoms with Crippen LogP contribution < -0.4 is 10.5 Å². The summed E-state index contributed by atoms with van der Waals surface area (Å²) in [6.45, 7) is 2.41. The Kier molecular flexibility index (Phi) is 5.21. The van der Waals surface area contributed by atoms with E-state index in [1.54, 1.807) is 0 Å².